The van der Waals surface area contributed by atoms with Crippen molar-refractivity contribution in [3.63, 3.8) is 0 Å². The molecule has 0 heterocycles. The molecule has 6 heteroatoms. The van der Waals surface area contributed by atoms with E-state index in [9.17, 15) is 19.8 Å². The molecule has 0 aromatic heterocycles. The van der Waals surface area contributed by atoms with Crippen LogP contribution in [-0.4, -0.2) is 36.4 Å². The fourth-order valence-corrected chi connectivity index (χ4v) is 2.57. The highest BCUT2D eigenvalue weighted by atomic mass is 16.5. The highest BCUT2D eigenvalue weighted by Gasteiger charge is 2.24. The topological polar surface area (TPSA) is 93.1 Å². The zero-order valence-corrected chi connectivity index (χ0v) is 13.4. The summed E-state index contributed by atoms with van der Waals surface area (Å²) >= 11 is 0. The van der Waals surface area contributed by atoms with Gasteiger partial charge in [-0.05, 0) is 41.5 Å². The monoisotopic (exact) mass is 330 g/mol. The number of rotatable bonds is 7. The summed E-state index contributed by atoms with van der Waals surface area (Å²) in [6.45, 7) is 0. The minimum absolute atomic E-state index is 0.0536. The molecular formula is C18H18O6. The summed E-state index contributed by atoms with van der Waals surface area (Å²) in [6, 6.07) is 11.4. The van der Waals surface area contributed by atoms with Gasteiger partial charge in [0.15, 0.2) is 0 Å². The molecule has 1 unspecified atom stereocenters. The molecule has 2 aromatic carbocycles. The van der Waals surface area contributed by atoms with E-state index in [0.717, 1.165) is 0 Å². The Kier molecular flexibility index (Phi) is 5.42. The molecule has 0 aliphatic heterocycles. The van der Waals surface area contributed by atoms with Gasteiger partial charge in [0.1, 0.15) is 11.5 Å². The largest absolute Gasteiger partial charge is 0.497 e. The average Bonchev–Trinajstić information content (AvgIpc) is 2.59. The van der Waals surface area contributed by atoms with Gasteiger partial charge in [-0.15, -0.1) is 0 Å². The summed E-state index contributed by atoms with van der Waals surface area (Å²) in [5, 5.41) is 18.7. The third-order valence-corrected chi connectivity index (χ3v) is 3.76. The van der Waals surface area contributed by atoms with Crippen molar-refractivity contribution in [3.8, 4) is 11.5 Å². The van der Waals surface area contributed by atoms with Gasteiger partial charge in [0.25, 0.3) is 0 Å². The number of aromatic carboxylic acids is 1. The number of ether oxygens (including phenoxy) is 2. The van der Waals surface area contributed by atoms with Crippen LogP contribution < -0.4 is 9.47 Å². The Morgan fingerprint density at radius 2 is 1.54 bits per heavy atom. The van der Waals surface area contributed by atoms with Crippen LogP contribution in [0.5, 0.6) is 11.5 Å². The van der Waals surface area contributed by atoms with Crippen LogP contribution in [0.2, 0.25) is 0 Å². The van der Waals surface area contributed by atoms with Gasteiger partial charge in [-0.1, -0.05) is 12.1 Å². The molecule has 2 rings (SSSR count). The molecule has 0 saturated heterocycles. The molecule has 2 aromatic rings. The lowest BCUT2D eigenvalue weighted by Gasteiger charge is -2.19. The fourth-order valence-electron chi connectivity index (χ4n) is 2.57. The van der Waals surface area contributed by atoms with Crippen LogP contribution in [0, 0.1) is 0 Å². The van der Waals surface area contributed by atoms with E-state index in [1.165, 1.54) is 20.3 Å². The number of hydrogen-bond donors (Lipinski definition) is 2. The molecule has 0 radical (unpaired) electrons. The van der Waals surface area contributed by atoms with Crippen molar-refractivity contribution in [2.24, 2.45) is 0 Å². The van der Waals surface area contributed by atoms with Crippen LogP contribution in [0.15, 0.2) is 42.5 Å². The van der Waals surface area contributed by atoms with Crippen LogP contribution in [0.1, 0.15) is 33.8 Å². The van der Waals surface area contributed by atoms with E-state index < -0.39 is 17.9 Å². The lowest BCUT2D eigenvalue weighted by molar-refractivity contribution is -0.137. The first kappa shape index (κ1) is 17.3. The summed E-state index contributed by atoms with van der Waals surface area (Å²) in [5.74, 6) is -1.64. The van der Waals surface area contributed by atoms with Crippen molar-refractivity contribution in [2.75, 3.05) is 14.2 Å². The second kappa shape index (κ2) is 7.50. The molecule has 126 valence electrons. The molecule has 0 saturated carbocycles. The minimum atomic E-state index is -1.11. The molecule has 6 nitrogen and oxygen atoms in total. The van der Waals surface area contributed by atoms with Gasteiger partial charge in [0.2, 0.25) is 0 Å². The molecule has 0 aliphatic rings. The van der Waals surface area contributed by atoms with E-state index in [4.69, 9.17) is 9.47 Å². The second-order valence-electron chi connectivity index (χ2n) is 5.18. The van der Waals surface area contributed by atoms with Crippen molar-refractivity contribution < 1.29 is 29.3 Å². The zero-order chi connectivity index (χ0) is 17.7. The van der Waals surface area contributed by atoms with Gasteiger partial charge >= 0.3 is 11.9 Å². The van der Waals surface area contributed by atoms with E-state index in [1.807, 2.05) is 0 Å². The Labute approximate surface area is 139 Å². The molecular weight excluding hydrogens is 312 g/mol. The molecule has 0 aliphatic carbocycles. The van der Waals surface area contributed by atoms with Crippen molar-refractivity contribution in [1.82, 2.24) is 0 Å². The van der Waals surface area contributed by atoms with E-state index in [-0.39, 0.29) is 12.0 Å². The van der Waals surface area contributed by atoms with Crippen LogP contribution in [-0.2, 0) is 4.79 Å². The summed E-state index contributed by atoms with van der Waals surface area (Å²) in [6.07, 6.45) is -0.236. The standard InChI is InChI=1S/C18H18O6/c1-23-12-5-3-11(4-6-12)15(10-17(19)20)16-9-13(24-2)7-8-14(16)18(21)22/h3-9,15H,10H2,1-2H3,(H,19,20)(H,21,22). The SMILES string of the molecule is COc1ccc(C(CC(=O)O)c2cc(OC)ccc2C(=O)O)cc1. The fraction of sp³-hybridized carbons (Fsp3) is 0.222. The Hall–Kier alpha value is -3.02. The third-order valence-electron chi connectivity index (χ3n) is 3.76. The van der Waals surface area contributed by atoms with E-state index in [0.29, 0.717) is 22.6 Å². The highest BCUT2D eigenvalue weighted by molar-refractivity contribution is 5.90. The number of carboxylic acid groups (broad SMARTS) is 2. The molecule has 0 spiro atoms. The van der Waals surface area contributed by atoms with Crippen molar-refractivity contribution >= 4 is 11.9 Å². The highest BCUT2D eigenvalue weighted by Crippen LogP contribution is 2.34. The smallest absolute Gasteiger partial charge is 0.335 e. The van der Waals surface area contributed by atoms with Crippen LogP contribution in [0.25, 0.3) is 0 Å². The van der Waals surface area contributed by atoms with Crippen molar-refractivity contribution in [1.29, 1.82) is 0 Å². The predicted molar refractivity (Wildman–Crippen MR) is 87.0 cm³/mol. The first-order valence-corrected chi connectivity index (χ1v) is 7.23. The Morgan fingerprint density at radius 3 is 2.04 bits per heavy atom. The Balaban J connectivity index is 2.58. The maximum absolute atomic E-state index is 11.5. The molecule has 2 N–H and O–H groups in total. The van der Waals surface area contributed by atoms with E-state index >= 15 is 0 Å². The number of carboxylic acids is 2. The van der Waals surface area contributed by atoms with Gasteiger partial charge in [0, 0.05) is 5.92 Å². The van der Waals surface area contributed by atoms with Gasteiger partial charge in [-0.3, -0.25) is 4.79 Å². The normalized spacial score (nSPS) is 11.6. The third kappa shape index (κ3) is 3.84. The lowest BCUT2D eigenvalue weighted by atomic mass is 9.85. The lowest BCUT2D eigenvalue weighted by Crippen LogP contribution is -2.13. The molecule has 24 heavy (non-hydrogen) atoms. The van der Waals surface area contributed by atoms with Crippen LogP contribution >= 0.6 is 0 Å². The summed E-state index contributed by atoms with van der Waals surface area (Å²) < 4.78 is 10.3. The molecule has 0 amide bonds. The van der Waals surface area contributed by atoms with Crippen molar-refractivity contribution in [3.05, 3.63) is 59.2 Å². The summed E-state index contributed by atoms with van der Waals surface area (Å²) in [5.41, 5.74) is 1.14. The summed E-state index contributed by atoms with van der Waals surface area (Å²) in [4.78, 5) is 22.8. The molecule has 1 atom stereocenters. The maximum atomic E-state index is 11.5. The number of benzene rings is 2. The summed E-state index contributed by atoms with van der Waals surface area (Å²) in [7, 11) is 3.01. The quantitative estimate of drug-likeness (QED) is 0.810. The average molecular weight is 330 g/mol. The van der Waals surface area contributed by atoms with E-state index in [1.54, 1.807) is 36.4 Å². The second-order valence-corrected chi connectivity index (χ2v) is 5.18. The van der Waals surface area contributed by atoms with Gasteiger partial charge < -0.3 is 19.7 Å². The van der Waals surface area contributed by atoms with Crippen LogP contribution in [0.4, 0.5) is 0 Å². The van der Waals surface area contributed by atoms with Gasteiger partial charge in [-0.2, -0.15) is 0 Å². The number of carbonyl (C=O) groups is 2. The number of methoxy groups -OCH3 is 2. The first-order valence-electron chi connectivity index (χ1n) is 7.23. The Morgan fingerprint density at radius 1 is 0.958 bits per heavy atom. The van der Waals surface area contributed by atoms with Crippen molar-refractivity contribution in [2.45, 2.75) is 12.3 Å². The van der Waals surface area contributed by atoms with Gasteiger partial charge in [0.05, 0.1) is 26.2 Å². The van der Waals surface area contributed by atoms with Gasteiger partial charge in [-0.25, -0.2) is 4.79 Å². The molecule has 0 fully saturated rings. The number of hydrogen-bond acceptors (Lipinski definition) is 4. The Bertz CT molecular complexity index is 736. The predicted octanol–water partition coefficient (Wildman–Crippen LogP) is 3.01. The number of aliphatic carboxylic acids is 1. The maximum Gasteiger partial charge on any atom is 0.335 e. The molecule has 0 bridgehead atoms. The minimum Gasteiger partial charge on any atom is -0.497 e. The first-order chi connectivity index (χ1) is 11.5. The zero-order valence-electron chi connectivity index (χ0n) is 13.4. The van der Waals surface area contributed by atoms with E-state index in [2.05, 4.69) is 0 Å². The van der Waals surface area contributed by atoms with Crippen LogP contribution in [0.3, 0.4) is 0 Å².